The van der Waals surface area contributed by atoms with Crippen molar-refractivity contribution in [2.75, 3.05) is 12.0 Å². The number of rotatable bonds is 9. The molecule has 0 heterocycles. The molecule has 0 aromatic heterocycles. The first kappa shape index (κ1) is 15.3. The third-order valence-corrected chi connectivity index (χ3v) is 3.94. The molecule has 0 saturated carbocycles. The molecule has 3 atom stereocenters. The third-order valence-electron chi connectivity index (χ3n) is 3.21. The number of hydrogen-bond donors (Lipinski definition) is 1. The van der Waals surface area contributed by atoms with Crippen molar-refractivity contribution in [3.63, 3.8) is 0 Å². The van der Waals surface area contributed by atoms with Crippen molar-refractivity contribution in [1.82, 2.24) is 5.32 Å². The fourth-order valence-corrected chi connectivity index (χ4v) is 2.56. The summed E-state index contributed by atoms with van der Waals surface area (Å²) >= 11 is 1.95. The van der Waals surface area contributed by atoms with Crippen LogP contribution < -0.4 is 5.32 Å². The van der Waals surface area contributed by atoms with Crippen LogP contribution in [0.15, 0.2) is 0 Å². The Bertz CT molecular complexity index is 138. The second-order valence-electron chi connectivity index (χ2n) is 4.58. The molecule has 0 aromatic rings. The van der Waals surface area contributed by atoms with Gasteiger partial charge in [0.05, 0.1) is 0 Å². The number of hydrogen-bond acceptors (Lipinski definition) is 2. The topological polar surface area (TPSA) is 12.0 Å². The Kier molecular flexibility index (Phi) is 9.73. The SMILES string of the molecule is CCC(C)CC(CC)NC(CC)CSC. The van der Waals surface area contributed by atoms with E-state index in [2.05, 4.69) is 39.3 Å². The van der Waals surface area contributed by atoms with Gasteiger partial charge in [-0.3, -0.25) is 0 Å². The molecule has 0 rings (SSSR count). The largest absolute Gasteiger partial charge is 0.310 e. The van der Waals surface area contributed by atoms with E-state index in [1.54, 1.807) is 0 Å². The molecule has 0 aliphatic carbocycles. The van der Waals surface area contributed by atoms with E-state index in [1.165, 1.54) is 31.4 Å². The monoisotopic (exact) mass is 231 g/mol. The molecular formula is C13H29NS. The average molecular weight is 231 g/mol. The summed E-state index contributed by atoms with van der Waals surface area (Å²) in [4.78, 5) is 0. The summed E-state index contributed by atoms with van der Waals surface area (Å²) in [6, 6.07) is 1.42. The van der Waals surface area contributed by atoms with Gasteiger partial charge in [-0.2, -0.15) is 11.8 Å². The van der Waals surface area contributed by atoms with Crippen LogP contribution >= 0.6 is 11.8 Å². The molecule has 0 aromatic carbocycles. The number of nitrogens with one attached hydrogen (secondary N) is 1. The van der Waals surface area contributed by atoms with E-state index in [1.807, 2.05) is 11.8 Å². The van der Waals surface area contributed by atoms with Crippen LogP contribution in [0.5, 0.6) is 0 Å². The Morgan fingerprint density at radius 2 is 1.60 bits per heavy atom. The predicted octanol–water partition coefficient (Wildman–Crippen LogP) is 3.93. The molecule has 0 saturated heterocycles. The highest BCUT2D eigenvalue weighted by Gasteiger charge is 2.14. The summed E-state index contributed by atoms with van der Waals surface area (Å²) in [5, 5.41) is 3.80. The van der Waals surface area contributed by atoms with Gasteiger partial charge in [0, 0.05) is 17.8 Å². The van der Waals surface area contributed by atoms with Gasteiger partial charge in [-0.05, 0) is 31.4 Å². The van der Waals surface area contributed by atoms with E-state index in [9.17, 15) is 0 Å². The van der Waals surface area contributed by atoms with Crippen molar-refractivity contribution >= 4 is 11.8 Å². The summed E-state index contributed by atoms with van der Waals surface area (Å²) < 4.78 is 0. The van der Waals surface area contributed by atoms with Crippen LogP contribution in [0.2, 0.25) is 0 Å². The van der Waals surface area contributed by atoms with E-state index in [0.717, 1.165) is 12.0 Å². The smallest absolute Gasteiger partial charge is 0.0158 e. The molecule has 0 aliphatic rings. The maximum Gasteiger partial charge on any atom is 0.0158 e. The van der Waals surface area contributed by atoms with Crippen molar-refractivity contribution < 1.29 is 0 Å². The third kappa shape index (κ3) is 7.24. The maximum atomic E-state index is 3.80. The Labute approximate surface area is 101 Å². The molecule has 15 heavy (non-hydrogen) atoms. The van der Waals surface area contributed by atoms with Crippen molar-refractivity contribution in [2.45, 2.75) is 65.5 Å². The van der Waals surface area contributed by atoms with Gasteiger partial charge in [0.1, 0.15) is 0 Å². The minimum Gasteiger partial charge on any atom is -0.310 e. The standard InChI is InChI=1S/C13H29NS/c1-6-11(4)9-12(7-2)14-13(8-3)10-15-5/h11-14H,6-10H2,1-5H3. The first-order chi connectivity index (χ1) is 7.17. The van der Waals surface area contributed by atoms with Gasteiger partial charge in [-0.15, -0.1) is 0 Å². The van der Waals surface area contributed by atoms with Crippen LogP contribution in [0.3, 0.4) is 0 Å². The first-order valence-corrected chi connectivity index (χ1v) is 7.82. The van der Waals surface area contributed by atoms with Gasteiger partial charge < -0.3 is 5.32 Å². The van der Waals surface area contributed by atoms with Crippen molar-refractivity contribution in [1.29, 1.82) is 0 Å². The Balaban J connectivity index is 3.94. The van der Waals surface area contributed by atoms with Crippen LogP contribution in [0.1, 0.15) is 53.4 Å². The Hall–Kier alpha value is 0.310. The highest BCUT2D eigenvalue weighted by atomic mass is 32.2. The summed E-state index contributed by atoms with van der Waals surface area (Å²) in [6.45, 7) is 9.23. The summed E-state index contributed by atoms with van der Waals surface area (Å²) in [6.07, 6.45) is 7.34. The quantitative estimate of drug-likeness (QED) is 0.645. The summed E-state index contributed by atoms with van der Waals surface area (Å²) in [5.41, 5.74) is 0. The van der Waals surface area contributed by atoms with E-state index in [4.69, 9.17) is 0 Å². The highest BCUT2D eigenvalue weighted by Crippen LogP contribution is 2.13. The van der Waals surface area contributed by atoms with E-state index in [-0.39, 0.29) is 0 Å². The normalized spacial score (nSPS) is 17.4. The van der Waals surface area contributed by atoms with Crippen molar-refractivity contribution in [3.8, 4) is 0 Å². The molecule has 0 spiro atoms. The minimum absolute atomic E-state index is 0.703. The average Bonchev–Trinajstić information content (AvgIpc) is 2.26. The lowest BCUT2D eigenvalue weighted by Crippen LogP contribution is -2.40. The molecule has 1 N–H and O–H groups in total. The van der Waals surface area contributed by atoms with Crippen LogP contribution in [0.4, 0.5) is 0 Å². The van der Waals surface area contributed by atoms with Gasteiger partial charge in [0.15, 0.2) is 0 Å². The lowest BCUT2D eigenvalue weighted by atomic mass is 9.97. The van der Waals surface area contributed by atoms with Gasteiger partial charge in [-0.25, -0.2) is 0 Å². The molecule has 0 amide bonds. The van der Waals surface area contributed by atoms with Crippen LogP contribution in [0.25, 0.3) is 0 Å². The number of thioether (sulfide) groups is 1. The van der Waals surface area contributed by atoms with E-state index >= 15 is 0 Å². The lowest BCUT2D eigenvalue weighted by Gasteiger charge is -2.25. The maximum absolute atomic E-state index is 3.80. The van der Waals surface area contributed by atoms with Crippen molar-refractivity contribution in [3.05, 3.63) is 0 Å². The Morgan fingerprint density at radius 3 is 2.00 bits per heavy atom. The van der Waals surface area contributed by atoms with E-state index in [0.29, 0.717) is 6.04 Å². The van der Waals surface area contributed by atoms with E-state index < -0.39 is 0 Å². The second-order valence-corrected chi connectivity index (χ2v) is 5.49. The van der Waals surface area contributed by atoms with Gasteiger partial charge in [0.2, 0.25) is 0 Å². The Morgan fingerprint density at radius 1 is 1.00 bits per heavy atom. The molecule has 0 aliphatic heterocycles. The van der Waals surface area contributed by atoms with Crippen LogP contribution in [-0.2, 0) is 0 Å². The predicted molar refractivity (Wildman–Crippen MR) is 73.7 cm³/mol. The molecule has 2 heteroatoms. The fourth-order valence-electron chi connectivity index (χ4n) is 1.82. The zero-order chi connectivity index (χ0) is 11.7. The zero-order valence-corrected chi connectivity index (χ0v) is 12.0. The minimum atomic E-state index is 0.703. The van der Waals surface area contributed by atoms with Gasteiger partial charge in [0.25, 0.3) is 0 Å². The molecule has 0 fully saturated rings. The van der Waals surface area contributed by atoms with Crippen LogP contribution in [0, 0.1) is 5.92 Å². The van der Waals surface area contributed by atoms with Crippen molar-refractivity contribution in [2.24, 2.45) is 5.92 Å². The van der Waals surface area contributed by atoms with Gasteiger partial charge >= 0.3 is 0 Å². The summed E-state index contributed by atoms with van der Waals surface area (Å²) in [5.74, 6) is 2.10. The molecule has 3 unspecified atom stereocenters. The zero-order valence-electron chi connectivity index (χ0n) is 11.2. The van der Waals surface area contributed by atoms with Crippen LogP contribution in [-0.4, -0.2) is 24.1 Å². The molecule has 1 nitrogen and oxygen atoms in total. The molecule has 0 radical (unpaired) electrons. The van der Waals surface area contributed by atoms with Gasteiger partial charge in [-0.1, -0.05) is 34.1 Å². The lowest BCUT2D eigenvalue weighted by molar-refractivity contribution is 0.354. The first-order valence-electron chi connectivity index (χ1n) is 6.42. The fraction of sp³-hybridized carbons (Fsp3) is 1.00. The summed E-state index contributed by atoms with van der Waals surface area (Å²) in [7, 11) is 0. The molecule has 0 bridgehead atoms. The molecule has 92 valence electrons. The highest BCUT2D eigenvalue weighted by molar-refractivity contribution is 7.98. The molecular weight excluding hydrogens is 202 g/mol. The second kappa shape index (κ2) is 9.53.